The first-order chi connectivity index (χ1) is 23.0. The zero-order valence-electron chi connectivity index (χ0n) is 26.7. The molecule has 4 heterocycles. The number of likely N-dealkylation sites (tertiary alicyclic amines) is 1. The number of benzene rings is 2. The smallest absolute Gasteiger partial charge is 0.408 e. The number of halogens is 2. The molecule has 0 spiro atoms. The van der Waals surface area contributed by atoms with Gasteiger partial charge in [0.25, 0.3) is 15.9 Å². The SMILES string of the molecule is CCOc1ncccc1C1C(C2C(=O)N(S(=O)(=O)c3ccc(OC)cc3)c3ccc(F)cc32)N(C(=O)O)C(Cl)CN1C1CCN(C)CC1. The molecule has 12 nitrogen and oxygen atoms in total. The molecule has 48 heavy (non-hydrogen) atoms. The predicted octanol–water partition coefficient (Wildman–Crippen LogP) is 4.51. The molecule has 1 aromatic heterocycles. The number of aromatic nitrogens is 1. The number of piperazine rings is 1. The molecule has 4 unspecified atom stereocenters. The highest BCUT2D eigenvalue weighted by Crippen LogP contribution is 2.51. The number of methoxy groups -OCH3 is 1. The van der Waals surface area contributed by atoms with Crippen molar-refractivity contribution in [2.24, 2.45) is 0 Å². The van der Waals surface area contributed by atoms with E-state index in [1.54, 1.807) is 25.3 Å². The van der Waals surface area contributed by atoms with Crippen molar-refractivity contribution in [3.8, 4) is 11.6 Å². The molecule has 0 bridgehead atoms. The van der Waals surface area contributed by atoms with Crippen molar-refractivity contribution in [1.29, 1.82) is 0 Å². The third kappa shape index (κ3) is 5.95. The van der Waals surface area contributed by atoms with Crippen LogP contribution in [0.3, 0.4) is 0 Å². The number of carbonyl (C=O) groups excluding carboxylic acids is 1. The van der Waals surface area contributed by atoms with E-state index in [-0.39, 0.29) is 41.2 Å². The lowest BCUT2D eigenvalue weighted by Crippen LogP contribution is -2.65. The van der Waals surface area contributed by atoms with Crippen LogP contribution in [0.2, 0.25) is 0 Å². The molecule has 3 aliphatic heterocycles. The Balaban J connectivity index is 1.56. The minimum atomic E-state index is -4.55. The van der Waals surface area contributed by atoms with Gasteiger partial charge in [-0.3, -0.25) is 14.6 Å². The summed E-state index contributed by atoms with van der Waals surface area (Å²) in [4.78, 5) is 37.5. The minimum Gasteiger partial charge on any atom is -0.497 e. The second-order valence-electron chi connectivity index (χ2n) is 12.1. The van der Waals surface area contributed by atoms with E-state index in [9.17, 15) is 23.1 Å². The predicted molar refractivity (Wildman–Crippen MR) is 175 cm³/mol. The highest BCUT2D eigenvalue weighted by Gasteiger charge is 2.57. The summed E-state index contributed by atoms with van der Waals surface area (Å²) < 4.78 is 55.3. The normalized spacial score (nSPS) is 24.1. The van der Waals surface area contributed by atoms with E-state index in [2.05, 4.69) is 14.8 Å². The number of rotatable bonds is 8. The number of ether oxygens (including phenoxy) is 2. The highest BCUT2D eigenvalue weighted by molar-refractivity contribution is 7.93. The van der Waals surface area contributed by atoms with Crippen LogP contribution in [0.15, 0.2) is 65.7 Å². The number of alkyl halides is 1. The van der Waals surface area contributed by atoms with E-state index < -0.39 is 51.3 Å². The van der Waals surface area contributed by atoms with Gasteiger partial charge in [-0.15, -0.1) is 0 Å². The van der Waals surface area contributed by atoms with Crippen molar-refractivity contribution < 1.29 is 37.0 Å². The van der Waals surface area contributed by atoms with Crippen molar-refractivity contribution in [3.63, 3.8) is 0 Å². The van der Waals surface area contributed by atoms with Crippen molar-refractivity contribution in [2.75, 3.05) is 44.7 Å². The summed E-state index contributed by atoms with van der Waals surface area (Å²) in [7, 11) is -1.08. The first-order valence-electron chi connectivity index (χ1n) is 15.7. The highest BCUT2D eigenvalue weighted by atomic mass is 35.5. The number of carbonyl (C=O) groups is 2. The van der Waals surface area contributed by atoms with Gasteiger partial charge in [0, 0.05) is 24.3 Å². The Kier molecular flexibility index (Phi) is 9.53. The Morgan fingerprint density at radius 2 is 1.81 bits per heavy atom. The Hall–Kier alpha value is -3.98. The maximum atomic E-state index is 15.1. The molecule has 2 amide bonds. The second-order valence-corrected chi connectivity index (χ2v) is 14.4. The number of carboxylic acid groups (broad SMARTS) is 1. The van der Waals surface area contributed by atoms with Gasteiger partial charge in [0.2, 0.25) is 5.88 Å². The number of sulfonamides is 1. The summed E-state index contributed by atoms with van der Waals surface area (Å²) in [5.41, 5.74) is -0.632. The molecule has 3 aliphatic rings. The lowest BCUT2D eigenvalue weighted by Gasteiger charge is -2.53. The Labute approximate surface area is 283 Å². The zero-order chi connectivity index (χ0) is 34.3. The number of fused-ring (bicyclic) bond motifs is 1. The van der Waals surface area contributed by atoms with Crippen LogP contribution in [-0.2, 0) is 14.8 Å². The Morgan fingerprint density at radius 3 is 2.46 bits per heavy atom. The van der Waals surface area contributed by atoms with Gasteiger partial charge in [0.05, 0.1) is 42.3 Å². The average molecular weight is 702 g/mol. The van der Waals surface area contributed by atoms with Crippen molar-refractivity contribution in [2.45, 2.75) is 54.2 Å². The molecular formula is C33H37ClFN5O7S. The molecule has 4 atom stereocenters. The van der Waals surface area contributed by atoms with Gasteiger partial charge in [-0.05, 0) is 94.0 Å². The van der Waals surface area contributed by atoms with E-state index >= 15 is 4.39 Å². The standard InChI is InChI=1S/C33H37ClFN5O7S/c1-4-47-31-24(6-5-15-36-31)29-30(39(33(42)43)27(34)19-38(29)21-13-16-37(2)17-14-21)28-25-18-20(35)7-12-26(25)40(32(28)41)48(44,45)23-10-8-22(46-3)9-11-23/h5-12,15,18,21,27-30H,4,13-14,16-17,19H2,1-3H3,(H,42,43). The molecule has 1 N–H and O–H groups in total. The molecule has 15 heteroatoms. The monoisotopic (exact) mass is 701 g/mol. The fourth-order valence-corrected chi connectivity index (χ4v) is 9.06. The van der Waals surface area contributed by atoms with Gasteiger partial charge in [-0.2, -0.15) is 0 Å². The van der Waals surface area contributed by atoms with Crippen molar-refractivity contribution in [3.05, 3.63) is 77.7 Å². The maximum Gasteiger partial charge on any atom is 0.408 e. The fourth-order valence-electron chi connectivity index (χ4n) is 7.22. The maximum absolute atomic E-state index is 15.1. The van der Waals surface area contributed by atoms with Crippen LogP contribution in [0.1, 0.15) is 42.9 Å². The number of piperidine rings is 1. The zero-order valence-corrected chi connectivity index (χ0v) is 28.3. The second kappa shape index (κ2) is 13.5. The molecule has 6 rings (SSSR count). The summed E-state index contributed by atoms with van der Waals surface area (Å²) in [5.74, 6) is -2.44. The number of anilines is 1. The number of hydrogen-bond acceptors (Lipinski definition) is 9. The van der Waals surface area contributed by atoms with E-state index in [1.807, 2.05) is 7.05 Å². The molecule has 0 saturated carbocycles. The Morgan fingerprint density at radius 1 is 1.10 bits per heavy atom. The van der Waals surface area contributed by atoms with Gasteiger partial charge < -0.3 is 19.5 Å². The molecule has 2 aromatic carbocycles. The first-order valence-corrected chi connectivity index (χ1v) is 17.6. The summed E-state index contributed by atoms with van der Waals surface area (Å²) in [6, 6.07) is 10.2. The molecule has 0 radical (unpaired) electrons. The van der Waals surface area contributed by atoms with Crippen LogP contribution in [0.5, 0.6) is 11.6 Å². The fraction of sp³-hybridized carbons (Fsp3) is 0.424. The van der Waals surface area contributed by atoms with Gasteiger partial charge in [0.1, 0.15) is 17.1 Å². The van der Waals surface area contributed by atoms with Crippen molar-refractivity contribution >= 4 is 39.3 Å². The lowest BCUT2D eigenvalue weighted by atomic mass is 9.80. The van der Waals surface area contributed by atoms with Gasteiger partial charge >= 0.3 is 6.09 Å². The van der Waals surface area contributed by atoms with Gasteiger partial charge in [-0.1, -0.05) is 17.7 Å². The van der Waals surface area contributed by atoms with Crippen LogP contribution in [-0.4, -0.2) is 103 Å². The van der Waals surface area contributed by atoms with Crippen molar-refractivity contribution in [1.82, 2.24) is 19.7 Å². The van der Waals surface area contributed by atoms with E-state index in [1.165, 1.54) is 37.4 Å². The molecule has 3 aromatic rings. The summed E-state index contributed by atoms with van der Waals surface area (Å²) >= 11 is 6.92. The average Bonchev–Trinajstić information content (AvgIpc) is 3.36. The van der Waals surface area contributed by atoms with Crippen LogP contribution < -0.4 is 13.8 Å². The number of hydrogen-bond donors (Lipinski definition) is 1. The molecule has 0 aliphatic carbocycles. The van der Waals surface area contributed by atoms with E-state index in [4.69, 9.17) is 21.1 Å². The molecule has 2 saturated heterocycles. The Bertz CT molecular complexity index is 1790. The summed E-state index contributed by atoms with van der Waals surface area (Å²) in [6.07, 6.45) is 1.63. The summed E-state index contributed by atoms with van der Waals surface area (Å²) in [6.45, 7) is 3.74. The quantitative estimate of drug-likeness (QED) is 0.264. The molecule has 256 valence electrons. The largest absolute Gasteiger partial charge is 0.497 e. The summed E-state index contributed by atoms with van der Waals surface area (Å²) in [5, 5.41) is 10.7. The van der Waals surface area contributed by atoms with Crippen LogP contribution >= 0.6 is 11.6 Å². The van der Waals surface area contributed by atoms with Crippen LogP contribution in [0, 0.1) is 5.82 Å². The number of nitrogens with zero attached hydrogens (tertiary/aromatic N) is 5. The third-order valence-electron chi connectivity index (χ3n) is 9.39. The molecular weight excluding hydrogens is 665 g/mol. The van der Waals surface area contributed by atoms with E-state index in [0.29, 0.717) is 15.6 Å². The first kappa shape index (κ1) is 33.9. The lowest BCUT2D eigenvalue weighted by molar-refractivity contribution is -0.122. The van der Waals surface area contributed by atoms with Gasteiger partial charge in [-0.25, -0.2) is 26.9 Å². The van der Waals surface area contributed by atoms with Gasteiger partial charge in [0.15, 0.2) is 0 Å². The van der Waals surface area contributed by atoms with E-state index in [0.717, 1.165) is 43.0 Å². The third-order valence-corrected chi connectivity index (χ3v) is 11.5. The number of amides is 2. The minimum absolute atomic E-state index is 0.0364. The topological polar surface area (TPSA) is 133 Å². The van der Waals surface area contributed by atoms with Crippen LogP contribution in [0.25, 0.3) is 0 Å². The molecule has 2 fully saturated rings. The van der Waals surface area contributed by atoms with Crippen LogP contribution in [0.4, 0.5) is 14.9 Å². The number of pyridine rings is 1.